The zero-order chi connectivity index (χ0) is 4.24. The molecule has 0 aromatic carbocycles. The Bertz CT molecular complexity index is 80.0. The summed E-state index contributed by atoms with van der Waals surface area (Å²) in [7, 11) is 0. The van der Waals surface area contributed by atoms with Crippen molar-refractivity contribution in [2.45, 2.75) is 0 Å². The summed E-state index contributed by atoms with van der Waals surface area (Å²) in [6.45, 7) is 0. The quantitative estimate of drug-likeness (QED) is 0.494. The summed E-state index contributed by atoms with van der Waals surface area (Å²) in [6.07, 6.45) is 3.50. The summed E-state index contributed by atoms with van der Waals surface area (Å²) in [5.41, 5.74) is 0. The van der Waals surface area contributed by atoms with Gasteiger partial charge in [0.05, 0.1) is 0 Å². The van der Waals surface area contributed by atoms with E-state index in [1.165, 1.54) is 0 Å². The van der Waals surface area contributed by atoms with Crippen molar-refractivity contribution in [3.05, 3.63) is 30.6 Å². The Morgan fingerprint density at radius 1 is 0.857 bits per heavy atom. The van der Waals surface area contributed by atoms with Crippen molar-refractivity contribution in [3.63, 3.8) is 0 Å². The van der Waals surface area contributed by atoms with Crippen LogP contribution in [0.25, 0.3) is 0 Å². The molecule has 0 atom stereocenters. The number of nitrogens with zero attached hydrogens (tertiary/aromatic N) is 1. The van der Waals surface area contributed by atoms with Gasteiger partial charge in [0.25, 0.3) is 0 Å². The van der Waals surface area contributed by atoms with Crippen molar-refractivity contribution in [1.29, 1.82) is 0 Å². The molecule has 0 amide bonds. The van der Waals surface area contributed by atoms with Crippen molar-refractivity contribution in [2.24, 2.45) is 0 Å². The van der Waals surface area contributed by atoms with E-state index in [9.17, 15) is 0 Å². The van der Waals surface area contributed by atoms with Crippen LogP contribution in [0.15, 0.2) is 30.6 Å². The Morgan fingerprint density at radius 3 is 1.57 bits per heavy atom. The van der Waals surface area contributed by atoms with E-state index in [1.807, 2.05) is 18.2 Å². The first-order valence-electron chi connectivity index (χ1n) is 1.85. The maximum absolute atomic E-state index is 3.78. The molecule has 0 aliphatic heterocycles. The van der Waals surface area contributed by atoms with Gasteiger partial charge in [-0.25, -0.2) is 0 Å². The van der Waals surface area contributed by atoms with Gasteiger partial charge in [-0.1, -0.05) is 6.07 Å². The van der Waals surface area contributed by atoms with Crippen LogP contribution in [-0.2, 0) is 17.1 Å². The molecule has 1 aromatic heterocycles. The van der Waals surface area contributed by atoms with Crippen LogP contribution < -0.4 is 0 Å². The molecule has 0 N–H and O–H groups in total. The number of aromatic nitrogens is 1. The van der Waals surface area contributed by atoms with Crippen molar-refractivity contribution < 1.29 is 17.1 Å². The maximum atomic E-state index is 3.78. The minimum atomic E-state index is 0. The molecule has 1 rings (SSSR count). The van der Waals surface area contributed by atoms with Gasteiger partial charge in [-0.15, -0.1) is 0 Å². The molecule has 0 aliphatic carbocycles. The van der Waals surface area contributed by atoms with E-state index in [1.54, 1.807) is 12.4 Å². The van der Waals surface area contributed by atoms with E-state index in [2.05, 4.69) is 4.98 Å². The first kappa shape index (κ1) is 6.67. The van der Waals surface area contributed by atoms with E-state index < -0.39 is 0 Å². The summed E-state index contributed by atoms with van der Waals surface area (Å²) in [4.78, 5) is 3.78. The molecule has 0 unspecified atom stereocenters. The van der Waals surface area contributed by atoms with E-state index in [4.69, 9.17) is 0 Å². The topological polar surface area (TPSA) is 12.9 Å². The van der Waals surface area contributed by atoms with Crippen molar-refractivity contribution in [2.75, 3.05) is 0 Å². The summed E-state index contributed by atoms with van der Waals surface area (Å²) in [5.74, 6) is 0. The second-order valence-corrected chi connectivity index (χ2v) is 1.02. The van der Waals surface area contributed by atoms with Gasteiger partial charge in [-0.3, -0.25) is 4.98 Å². The fraction of sp³-hybridized carbons (Fsp3) is 0. The van der Waals surface area contributed by atoms with Gasteiger partial charge in [0.15, 0.2) is 0 Å². The largest absolute Gasteiger partial charge is 1.00 e. The van der Waals surface area contributed by atoms with Crippen LogP contribution >= 0.6 is 0 Å². The van der Waals surface area contributed by atoms with Gasteiger partial charge in [0.1, 0.15) is 0 Å². The molecular weight excluding hydrogens is 138 g/mol. The molecular formula is C5H5CuN+. The first-order valence-corrected chi connectivity index (χ1v) is 1.85. The molecule has 0 fully saturated rings. The molecule has 0 saturated carbocycles. The normalized spacial score (nSPS) is 6.86. The molecule has 1 heterocycles. The molecule has 0 bridgehead atoms. The third-order valence-electron chi connectivity index (χ3n) is 0.566. The second kappa shape index (κ2) is 3.85. The molecule has 0 radical (unpaired) electrons. The number of hydrogen-bond donors (Lipinski definition) is 0. The van der Waals surface area contributed by atoms with Gasteiger partial charge in [-0.05, 0) is 12.1 Å². The minimum Gasteiger partial charge on any atom is -0.265 e. The Balaban J connectivity index is 0.000000360. The average Bonchev–Trinajstić information content (AvgIpc) is 1.72. The van der Waals surface area contributed by atoms with Crippen molar-refractivity contribution in [1.82, 2.24) is 4.98 Å². The van der Waals surface area contributed by atoms with Crippen LogP contribution in [0.5, 0.6) is 0 Å². The Kier molecular flexibility index (Phi) is 3.66. The molecule has 0 aliphatic rings. The zero-order valence-electron chi connectivity index (χ0n) is 3.64. The summed E-state index contributed by atoms with van der Waals surface area (Å²) >= 11 is 0. The number of hydrogen-bond acceptors (Lipinski definition) is 1. The standard InChI is InChI=1S/C5H5N.Cu/c1-2-4-6-5-3-1;/h1-5H;/q;+1. The zero-order valence-corrected chi connectivity index (χ0v) is 4.58. The van der Waals surface area contributed by atoms with Gasteiger partial charge in [0.2, 0.25) is 0 Å². The molecule has 0 spiro atoms. The van der Waals surface area contributed by atoms with Gasteiger partial charge in [-0.2, -0.15) is 0 Å². The van der Waals surface area contributed by atoms with Crippen LogP contribution in [0.4, 0.5) is 0 Å². The second-order valence-electron chi connectivity index (χ2n) is 1.02. The average molecular weight is 143 g/mol. The SMILES string of the molecule is [Cu+].c1ccncc1. The third-order valence-corrected chi connectivity index (χ3v) is 0.566. The molecule has 1 aromatic rings. The smallest absolute Gasteiger partial charge is 0.265 e. The van der Waals surface area contributed by atoms with Crippen LogP contribution in [0.3, 0.4) is 0 Å². The van der Waals surface area contributed by atoms with Crippen LogP contribution in [0.2, 0.25) is 0 Å². The van der Waals surface area contributed by atoms with Crippen LogP contribution in [-0.4, -0.2) is 4.98 Å². The summed E-state index contributed by atoms with van der Waals surface area (Å²) in [6, 6.07) is 5.72. The first-order chi connectivity index (χ1) is 3.00. The summed E-state index contributed by atoms with van der Waals surface area (Å²) in [5, 5.41) is 0. The predicted molar refractivity (Wildman–Crippen MR) is 24.2 cm³/mol. The fourth-order valence-corrected chi connectivity index (χ4v) is 0.313. The number of pyridine rings is 1. The van der Waals surface area contributed by atoms with Gasteiger partial charge in [0, 0.05) is 12.4 Å². The Hall–Kier alpha value is -0.331. The Morgan fingerprint density at radius 2 is 1.43 bits per heavy atom. The van der Waals surface area contributed by atoms with Crippen LogP contribution in [0, 0.1) is 0 Å². The van der Waals surface area contributed by atoms with Gasteiger partial charge < -0.3 is 0 Å². The predicted octanol–water partition coefficient (Wildman–Crippen LogP) is 1.08. The van der Waals surface area contributed by atoms with Gasteiger partial charge >= 0.3 is 17.1 Å². The summed E-state index contributed by atoms with van der Waals surface area (Å²) < 4.78 is 0. The molecule has 0 saturated heterocycles. The van der Waals surface area contributed by atoms with E-state index in [-0.39, 0.29) is 17.1 Å². The molecule has 7 heavy (non-hydrogen) atoms. The number of rotatable bonds is 0. The van der Waals surface area contributed by atoms with Crippen LogP contribution in [0.1, 0.15) is 0 Å². The fourth-order valence-electron chi connectivity index (χ4n) is 0.313. The maximum Gasteiger partial charge on any atom is 1.00 e. The van der Waals surface area contributed by atoms with E-state index >= 15 is 0 Å². The third kappa shape index (κ3) is 2.38. The van der Waals surface area contributed by atoms with E-state index in [0.29, 0.717) is 0 Å². The van der Waals surface area contributed by atoms with Crippen molar-refractivity contribution >= 4 is 0 Å². The Labute approximate surface area is 53.2 Å². The minimum absolute atomic E-state index is 0. The monoisotopic (exact) mass is 142 g/mol. The van der Waals surface area contributed by atoms with E-state index in [0.717, 1.165) is 0 Å². The molecule has 1 nitrogen and oxygen atoms in total. The molecule has 2 heteroatoms. The molecule has 40 valence electrons. The van der Waals surface area contributed by atoms with Crippen molar-refractivity contribution in [3.8, 4) is 0 Å².